The molecular weight excluding hydrogens is 280 g/mol. The van der Waals surface area contributed by atoms with Crippen LogP contribution >= 0.6 is 27.5 Å². The molecule has 0 bridgehead atoms. The van der Waals surface area contributed by atoms with Crippen LogP contribution in [-0.2, 0) is 0 Å². The van der Waals surface area contributed by atoms with E-state index in [0.29, 0.717) is 15.3 Å². The van der Waals surface area contributed by atoms with E-state index in [9.17, 15) is 4.79 Å². The zero-order chi connectivity index (χ0) is 10.7. The summed E-state index contributed by atoms with van der Waals surface area (Å²) in [6, 6.07) is 5.28. The molecule has 2 aromatic rings. The number of anilines is 1. The van der Waals surface area contributed by atoms with Gasteiger partial charge in [-0.3, -0.25) is 4.79 Å². The van der Waals surface area contributed by atoms with Crippen molar-refractivity contribution in [1.82, 2.24) is 14.6 Å². The summed E-state index contributed by atoms with van der Waals surface area (Å²) in [6.45, 7) is 0. The minimum absolute atomic E-state index is 0.254. The molecule has 0 atom stereocenters. The number of nitrogens with one attached hydrogen (secondary N) is 1. The quantitative estimate of drug-likeness (QED) is 0.856. The Bertz CT molecular complexity index is 473. The summed E-state index contributed by atoms with van der Waals surface area (Å²) < 4.78 is 4.27. The summed E-state index contributed by atoms with van der Waals surface area (Å²) in [5, 5.41) is 6.22. The first-order chi connectivity index (χ1) is 7.25. The van der Waals surface area contributed by atoms with Crippen molar-refractivity contribution < 1.29 is 4.79 Å². The highest BCUT2D eigenvalue weighted by Crippen LogP contribution is 2.12. The van der Waals surface area contributed by atoms with Crippen molar-refractivity contribution in [3.05, 3.63) is 33.9 Å². The fourth-order valence-electron chi connectivity index (χ4n) is 0.923. The molecule has 15 heavy (non-hydrogen) atoms. The highest BCUT2D eigenvalue weighted by molar-refractivity contribution is 9.10. The second-order valence-electron chi connectivity index (χ2n) is 2.58. The number of nitrogens with zero attached hydrogens (tertiary/aromatic N) is 3. The summed E-state index contributed by atoms with van der Waals surface area (Å²) in [5.74, 6) is 0.235. The van der Waals surface area contributed by atoms with Crippen LogP contribution in [0.25, 0.3) is 0 Å². The van der Waals surface area contributed by atoms with E-state index in [1.807, 2.05) is 0 Å². The van der Waals surface area contributed by atoms with Crippen molar-refractivity contribution in [3.63, 3.8) is 0 Å². The zero-order valence-electron chi connectivity index (χ0n) is 7.35. The van der Waals surface area contributed by atoms with E-state index in [0.717, 1.165) is 11.5 Å². The summed E-state index contributed by atoms with van der Waals surface area (Å²) in [5.41, 5.74) is 0. The highest BCUT2D eigenvalue weighted by atomic mass is 79.9. The Kier molecular flexibility index (Phi) is 3.02. The van der Waals surface area contributed by atoms with Gasteiger partial charge in [0, 0.05) is 0 Å². The molecule has 2 heterocycles. The number of carbonyl (C=O) groups is 1. The molecule has 7 heteroatoms. The SMILES string of the molecule is O=C(Nc1cccc(Br)n1)c1cnns1. The van der Waals surface area contributed by atoms with Crippen LogP contribution in [0.2, 0.25) is 0 Å². The predicted octanol–water partition coefficient (Wildman–Crippen LogP) is 1.95. The van der Waals surface area contributed by atoms with Crippen LogP contribution in [0, 0.1) is 0 Å². The van der Waals surface area contributed by atoms with Crippen LogP contribution in [0.5, 0.6) is 0 Å². The smallest absolute Gasteiger partial charge is 0.270 e. The van der Waals surface area contributed by atoms with Crippen LogP contribution < -0.4 is 5.32 Å². The molecule has 0 saturated carbocycles. The van der Waals surface area contributed by atoms with Gasteiger partial charge in [0.15, 0.2) is 0 Å². The Morgan fingerprint density at radius 2 is 2.33 bits per heavy atom. The van der Waals surface area contributed by atoms with E-state index >= 15 is 0 Å². The van der Waals surface area contributed by atoms with Gasteiger partial charge in [-0.15, -0.1) is 5.10 Å². The molecule has 0 saturated heterocycles. The lowest BCUT2D eigenvalue weighted by molar-refractivity contribution is 0.103. The van der Waals surface area contributed by atoms with E-state index in [-0.39, 0.29) is 5.91 Å². The molecule has 76 valence electrons. The average Bonchev–Trinajstić information content (AvgIpc) is 2.70. The molecule has 0 radical (unpaired) electrons. The molecule has 2 aromatic heterocycles. The zero-order valence-corrected chi connectivity index (χ0v) is 9.75. The molecule has 5 nitrogen and oxygen atoms in total. The minimum Gasteiger partial charge on any atom is -0.306 e. The molecule has 2 rings (SSSR count). The van der Waals surface area contributed by atoms with Crippen molar-refractivity contribution in [1.29, 1.82) is 0 Å². The van der Waals surface area contributed by atoms with Crippen LogP contribution in [0.4, 0.5) is 5.82 Å². The number of halogens is 1. The van der Waals surface area contributed by atoms with Gasteiger partial charge in [0.05, 0.1) is 6.20 Å². The largest absolute Gasteiger partial charge is 0.306 e. The van der Waals surface area contributed by atoms with Crippen LogP contribution in [0.15, 0.2) is 29.0 Å². The summed E-state index contributed by atoms with van der Waals surface area (Å²) in [7, 11) is 0. The number of aromatic nitrogens is 3. The van der Waals surface area contributed by atoms with E-state index in [1.165, 1.54) is 6.20 Å². The molecule has 0 aliphatic carbocycles. The number of pyridine rings is 1. The first kappa shape index (κ1) is 10.2. The van der Waals surface area contributed by atoms with Gasteiger partial charge in [0.2, 0.25) is 0 Å². The third-order valence-electron chi connectivity index (χ3n) is 1.54. The van der Waals surface area contributed by atoms with Gasteiger partial charge in [-0.25, -0.2) is 4.98 Å². The van der Waals surface area contributed by atoms with E-state index in [4.69, 9.17) is 0 Å². The van der Waals surface area contributed by atoms with E-state index in [2.05, 4.69) is 35.8 Å². The van der Waals surface area contributed by atoms with Crippen molar-refractivity contribution in [2.24, 2.45) is 0 Å². The topological polar surface area (TPSA) is 67.8 Å². The van der Waals surface area contributed by atoms with Crippen molar-refractivity contribution >= 4 is 39.2 Å². The summed E-state index contributed by atoms with van der Waals surface area (Å²) >= 11 is 4.26. The first-order valence-corrected chi connectivity index (χ1v) is 5.53. The van der Waals surface area contributed by atoms with Crippen molar-refractivity contribution in [2.45, 2.75) is 0 Å². The Morgan fingerprint density at radius 3 is 3.00 bits per heavy atom. The van der Waals surface area contributed by atoms with Gasteiger partial charge in [0.1, 0.15) is 15.3 Å². The minimum atomic E-state index is -0.254. The normalized spacial score (nSPS) is 9.93. The van der Waals surface area contributed by atoms with Gasteiger partial charge in [-0.05, 0) is 39.6 Å². The number of amides is 1. The lowest BCUT2D eigenvalue weighted by atomic mass is 10.4. The maximum Gasteiger partial charge on any atom is 0.270 e. The number of carbonyl (C=O) groups excluding carboxylic acids is 1. The van der Waals surface area contributed by atoms with Gasteiger partial charge in [-0.1, -0.05) is 10.6 Å². The number of hydrogen-bond donors (Lipinski definition) is 1. The Labute approximate surface area is 97.8 Å². The Balaban J connectivity index is 2.13. The molecule has 1 amide bonds. The molecule has 0 fully saturated rings. The molecule has 0 aromatic carbocycles. The van der Waals surface area contributed by atoms with Crippen molar-refractivity contribution in [3.8, 4) is 0 Å². The van der Waals surface area contributed by atoms with Crippen LogP contribution in [0.1, 0.15) is 9.67 Å². The molecule has 0 aliphatic heterocycles. The Morgan fingerprint density at radius 1 is 1.47 bits per heavy atom. The van der Waals surface area contributed by atoms with Gasteiger partial charge in [-0.2, -0.15) is 0 Å². The fourth-order valence-corrected chi connectivity index (χ4v) is 1.68. The van der Waals surface area contributed by atoms with Gasteiger partial charge < -0.3 is 5.32 Å². The lowest BCUT2D eigenvalue weighted by Crippen LogP contribution is -2.11. The second kappa shape index (κ2) is 4.45. The number of rotatable bonds is 2. The molecule has 0 unspecified atom stereocenters. The maximum atomic E-state index is 11.6. The monoisotopic (exact) mass is 284 g/mol. The molecule has 1 N–H and O–H groups in total. The van der Waals surface area contributed by atoms with E-state index < -0.39 is 0 Å². The lowest BCUT2D eigenvalue weighted by Gasteiger charge is -2.01. The van der Waals surface area contributed by atoms with Crippen LogP contribution in [-0.4, -0.2) is 20.5 Å². The molecular formula is C8H5BrN4OS. The standard InChI is InChI=1S/C8H5BrN4OS/c9-6-2-1-3-7(11-6)12-8(14)5-4-10-13-15-5/h1-4H,(H,11,12,14). The molecule has 0 aliphatic rings. The van der Waals surface area contributed by atoms with Crippen molar-refractivity contribution in [2.75, 3.05) is 5.32 Å². The number of hydrogen-bond acceptors (Lipinski definition) is 5. The maximum absolute atomic E-state index is 11.6. The second-order valence-corrected chi connectivity index (χ2v) is 4.18. The van der Waals surface area contributed by atoms with E-state index in [1.54, 1.807) is 18.2 Å². The van der Waals surface area contributed by atoms with Gasteiger partial charge >= 0.3 is 0 Å². The Hall–Kier alpha value is -1.34. The third-order valence-corrected chi connectivity index (χ3v) is 2.65. The first-order valence-electron chi connectivity index (χ1n) is 3.97. The third kappa shape index (κ3) is 2.57. The fraction of sp³-hybridized carbons (Fsp3) is 0. The van der Waals surface area contributed by atoms with Gasteiger partial charge in [0.25, 0.3) is 5.91 Å². The summed E-state index contributed by atoms with van der Waals surface area (Å²) in [6.07, 6.45) is 1.41. The van der Waals surface area contributed by atoms with Crippen LogP contribution in [0.3, 0.4) is 0 Å². The highest BCUT2D eigenvalue weighted by Gasteiger charge is 2.08. The molecule has 0 spiro atoms. The predicted molar refractivity (Wildman–Crippen MR) is 59.8 cm³/mol. The average molecular weight is 285 g/mol. The summed E-state index contributed by atoms with van der Waals surface area (Å²) in [4.78, 5) is 16.1.